The Morgan fingerprint density at radius 2 is 2.05 bits per heavy atom. The number of allylic oxidation sites excluding steroid dienone is 4. The van der Waals surface area contributed by atoms with Gasteiger partial charge in [-0.1, -0.05) is 78.9 Å². The minimum atomic E-state index is -1.13. The molecule has 0 bridgehead atoms. The molecule has 0 amide bonds. The Kier molecular flexibility index (Phi) is 4.42. The molecule has 1 aliphatic carbocycles. The summed E-state index contributed by atoms with van der Waals surface area (Å²) in [6, 6.07) is -0.633. The van der Waals surface area contributed by atoms with Gasteiger partial charge >= 0.3 is 5.69 Å². The number of nitrogens with zero attached hydrogens (tertiary/aromatic N) is 3. The van der Waals surface area contributed by atoms with Crippen LogP contribution in [0.25, 0.3) is 0 Å². The van der Waals surface area contributed by atoms with E-state index in [0.29, 0.717) is 4.86 Å². The molecule has 0 N–H and O–H groups in total. The molecular weight excluding hydrogens is 336 g/mol. The predicted octanol–water partition coefficient (Wildman–Crippen LogP) is 3.71. The van der Waals surface area contributed by atoms with E-state index in [4.69, 9.17) is 35.4 Å². The van der Waals surface area contributed by atoms with Gasteiger partial charge in [-0.2, -0.15) is 0 Å². The SMILES string of the molecule is CC(C)(C)C1=CC=CC(n2c(C(Cl)Cl)nn(F)c2=O)C1=S. The molecule has 2 rings (SSSR count). The van der Waals surface area contributed by atoms with E-state index < -0.39 is 16.6 Å². The summed E-state index contributed by atoms with van der Waals surface area (Å²) in [5.74, 6) is -0.0713. The molecule has 4 nitrogen and oxygen atoms in total. The van der Waals surface area contributed by atoms with Crippen LogP contribution in [0.2, 0.25) is 0 Å². The molecule has 0 aliphatic heterocycles. The lowest BCUT2D eigenvalue weighted by Crippen LogP contribution is -2.33. The van der Waals surface area contributed by atoms with Crippen LogP contribution in [0.3, 0.4) is 0 Å². The molecule has 1 atom stereocenters. The number of thiocarbonyl (C=S) groups is 1. The number of rotatable bonds is 2. The minimum Gasteiger partial charge on any atom is -0.262 e. The molecule has 8 heteroatoms. The molecule has 1 unspecified atom stereocenters. The Labute approximate surface area is 136 Å². The maximum atomic E-state index is 13.4. The maximum absolute atomic E-state index is 13.4. The second-order valence-corrected chi connectivity index (χ2v) is 7.23. The van der Waals surface area contributed by atoms with Gasteiger partial charge in [-0.15, -0.1) is 5.10 Å². The van der Waals surface area contributed by atoms with Crippen LogP contribution in [-0.4, -0.2) is 19.4 Å². The summed E-state index contributed by atoms with van der Waals surface area (Å²) in [7, 11) is 0. The van der Waals surface area contributed by atoms with Gasteiger partial charge < -0.3 is 0 Å². The largest absolute Gasteiger partial charge is 0.376 e. The van der Waals surface area contributed by atoms with E-state index in [0.717, 1.165) is 10.1 Å². The van der Waals surface area contributed by atoms with E-state index in [9.17, 15) is 9.28 Å². The van der Waals surface area contributed by atoms with Crippen LogP contribution in [-0.2, 0) is 0 Å². The summed E-state index contributed by atoms with van der Waals surface area (Å²) in [4.78, 5) is 11.1. The summed E-state index contributed by atoms with van der Waals surface area (Å²) < 4.78 is 14.5. The van der Waals surface area contributed by atoms with Gasteiger partial charge in [0.2, 0.25) is 0 Å². The molecule has 0 saturated carbocycles. The Balaban J connectivity index is 2.55. The van der Waals surface area contributed by atoms with Gasteiger partial charge in [0.05, 0.1) is 6.04 Å². The number of hydrogen-bond acceptors (Lipinski definition) is 3. The molecule has 0 saturated heterocycles. The normalized spacial score (nSPS) is 19.3. The summed E-state index contributed by atoms with van der Waals surface area (Å²) in [5, 5.41) is 3.43. The summed E-state index contributed by atoms with van der Waals surface area (Å²) in [6.07, 6.45) is 5.37. The molecule has 114 valence electrons. The number of aromatic nitrogens is 3. The van der Waals surface area contributed by atoms with E-state index in [1.807, 2.05) is 26.8 Å². The van der Waals surface area contributed by atoms with Gasteiger partial charge in [0, 0.05) is 4.86 Å². The fraction of sp³-hybridized carbons (Fsp3) is 0.462. The third-order valence-electron chi connectivity index (χ3n) is 3.17. The lowest BCUT2D eigenvalue weighted by atomic mass is 9.80. The van der Waals surface area contributed by atoms with Crippen LogP contribution >= 0.6 is 35.4 Å². The quantitative estimate of drug-likeness (QED) is 0.603. The van der Waals surface area contributed by atoms with Gasteiger partial charge in [-0.25, -0.2) is 4.79 Å². The van der Waals surface area contributed by atoms with Crippen molar-refractivity contribution in [2.24, 2.45) is 5.41 Å². The first-order valence-electron chi connectivity index (χ1n) is 6.23. The van der Waals surface area contributed by atoms with Crippen molar-refractivity contribution in [1.82, 2.24) is 14.6 Å². The molecule has 1 aromatic rings. The second kappa shape index (κ2) is 5.66. The number of alkyl halides is 2. The van der Waals surface area contributed by atoms with E-state index in [1.165, 1.54) is 0 Å². The Morgan fingerprint density at radius 3 is 2.57 bits per heavy atom. The van der Waals surface area contributed by atoms with Crippen molar-refractivity contribution < 1.29 is 4.48 Å². The first kappa shape index (κ1) is 16.4. The lowest BCUT2D eigenvalue weighted by molar-refractivity contribution is 0.297. The average Bonchev–Trinajstić information content (AvgIpc) is 2.65. The maximum Gasteiger partial charge on any atom is 0.376 e. The Hall–Kier alpha value is -0.980. The highest BCUT2D eigenvalue weighted by Gasteiger charge is 2.32. The van der Waals surface area contributed by atoms with Crippen LogP contribution < -0.4 is 5.69 Å². The van der Waals surface area contributed by atoms with Crippen LogP contribution in [0.5, 0.6) is 0 Å². The number of halogens is 3. The zero-order valence-corrected chi connectivity index (χ0v) is 14.0. The molecular formula is C13H14Cl2FN3OS. The summed E-state index contributed by atoms with van der Waals surface area (Å²) in [5.41, 5.74) is -0.254. The highest BCUT2D eigenvalue weighted by atomic mass is 35.5. The standard InChI is InChI=1S/C13H14Cl2FN3OS/c1-13(2,3)7-5-4-6-8(9(7)21)18-11(10(14)15)17-19(16)12(18)20/h4-6,8,10H,1-3H3. The van der Waals surface area contributed by atoms with Crippen molar-refractivity contribution in [1.29, 1.82) is 0 Å². The van der Waals surface area contributed by atoms with Gasteiger partial charge in [-0.05, 0) is 15.9 Å². The Bertz CT molecular complexity index is 697. The van der Waals surface area contributed by atoms with E-state index in [2.05, 4.69) is 5.10 Å². The van der Waals surface area contributed by atoms with Crippen LogP contribution in [0, 0.1) is 5.41 Å². The van der Waals surface area contributed by atoms with Gasteiger partial charge in [0.1, 0.15) is 0 Å². The lowest BCUT2D eigenvalue weighted by Gasteiger charge is -2.29. The average molecular weight is 350 g/mol. The monoisotopic (exact) mass is 349 g/mol. The smallest absolute Gasteiger partial charge is 0.262 e. The molecule has 0 radical (unpaired) electrons. The molecule has 21 heavy (non-hydrogen) atoms. The second-order valence-electron chi connectivity index (χ2n) is 5.70. The van der Waals surface area contributed by atoms with E-state index >= 15 is 0 Å². The van der Waals surface area contributed by atoms with Crippen LogP contribution in [0.15, 0.2) is 28.6 Å². The van der Waals surface area contributed by atoms with Gasteiger partial charge in [0.25, 0.3) is 0 Å². The topological polar surface area (TPSA) is 39.8 Å². The summed E-state index contributed by atoms with van der Waals surface area (Å²) in [6.45, 7) is 6.03. The fourth-order valence-corrected chi connectivity index (χ4v) is 3.04. The van der Waals surface area contributed by atoms with Crippen molar-refractivity contribution in [3.05, 3.63) is 40.1 Å². The zero-order chi connectivity index (χ0) is 15.9. The number of hydrogen-bond donors (Lipinski definition) is 0. The van der Waals surface area contributed by atoms with Crippen molar-refractivity contribution in [2.75, 3.05) is 0 Å². The van der Waals surface area contributed by atoms with Crippen molar-refractivity contribution in [3.8, 4) is 0 Å². The fourth-order valence-electron chi connectivity index (χ4n) is 2.19. The van der Waals surface area contributed by atoms with E-state index in [-0.39, 0.29) is 16.1 Å². The predicted molar refractivity (Wildman–Crippen MR) is 85.8 cm³/mol. The first-order chi connectivity index (χ1) is 9.64. The highest BCUT2D eigenvalue weighted by molar-refractivity contribution is 7.81. The van der Waals surface area contributed by atoms with Crippen LogP contribution in [0.1, 0.15) is 37.5 Å². The van der Waals surface area contributed by atoms with E-state index in [1.54, 1.807) is 12.2 Å². The minimum absolute atomic E-state index is 0.0713. The third kappa shape index (κ3) is 2.98. The molecule has 1 heterocycles. The first-order valence-corrected chi connectivity index (χ1v) is 7.51. The van der Waals surface area contributed by atoms with Crippen molar-refractivity contribution in [3.63, 3.8) is 0 Å². The molecule has 1 aliphatic rings. The molecule has 0 fully saturated rings. The summed E-state index contributed by atoms with van der Waals surface area (Å²) >= 11 is 17.0. The molecule has 0 aromatic carbocycles. The Morgan fingerprint density at radius 1 is 1.43 bits per heavy atom. The molecule has 1 aromatic heterocycles. The molecule has 0 spiro atoms. The third-order valence-corrected chi connectivity index (χ3v) is 4.02. The van der Waals surface area contributed by atoms with Crippen molar-refractivity contribution >= 4 is 40.3 Å². The zero-order valence-electron chi connectivity index (χ0n) is 11.7. The highest BCUT2D eigenvalue weighted by Crippen LogP contribution is 2.34. The van der Waals surface area contributed by atoms with Crippen LogP contribution in [0.4, 0.5) is 4.48 Å². The van der Waals surface area contributed by atoms with Gasteiger partial charge in [0.15, 0.2) is 10.7 Å². The van der Waals surface area contributed by atoms with Gasteiger partial charge in [-0.3, -0.25) is 4.57 Å². The van der Waals surface area contributed by atoms with Crippen molar-refractivity contribution in [2.45, 2.75) is 31.6 Å².